The smallest absolute Gasteiger partial charge is 0.240 e. The molecule has 0 spiro atoms. The molecule has 9 heteroatoms. The van der Waals surface area contributed by atoms with Gasteiger partial charge >= 0.3 is 0 Å². The van der Waals surface area contributed by atoms with Gasteiger partial charge in [0.2, 0.25) is 10.0 Å². The van der Waals surface area contributed by atoms with Crippen LogP contribution in [0.1, 0.15) is 0 Å². The number of fused-ring (bicyclic) bond motifs is 1. The standard InChI is InChI=1S/C19H16BrN5O2S/c1-21-28(26,27)15-9-7-14(8-10-15)23-18-11-17(13-5-3-2-4-6-13)24-19-16(20)12-22-25(18)19/h2-12,21,23H,1H3. The minimum Gasteiger partial charge on any atom is -0.340 e. The van der Waals surface area contributed by atoms with Crippen molar-refractivity contribution in [3.8, 4) is 11.3 Å². The number of anilines is 2. The van der Waals surface area contributed by atoms with Gasteiger partial charge in [-0.3, -0.25) is 0 Å². The Morgan fingerprint density at radius 1 is 1.04 bits per heavy atom. The van der Waals surface area contributed by atoms with Gasteiger partial charge in [-0.2, -0.15) is 9.61 Å². The summed E-state index contributed by atoms with van der Waals surface area (Å²) in [5, 5.41) is 7.65. The van der Waals surface area contributed by atoms with Gasteiger partial charge in [0.25, 0.3) is 0 Å². The van der Waals surface area contributed by atoms with Crippen molar-refractivity contribution in [3.05, 3.63) is 71.3 Å². The quantitative estimate of drug-likeness (QED) is 0.475. The zero-order valence-corrected chi connectivity index (χ0v) is 17.2. The number of rotatable bonds is 5. The number of benzene rings is 2. The van der Waals surface area contributed by atoms with E-state index in [0.29, 0.717) is 11.5 Å². The second-order valence-electron chi connectivity index (χ2n) is 5.98. The van der Waals surface area contributed by atoms with E-state index in [4.69, 9.17) is 4.98 Å². The SMILES string of the molecule is CNS(=O)(=O)c1ccc(Nc2cc(-c3ccccc3)nc3c(Br)cnn23)cc1. The summed E-state index contributed by atoms with van der Waals surface area (Å²) in [7, 11) is -2.09. The van der Waals surface area contributed by atoms with E-state index >= 15 is 0 Å². The Hall–Kier alpha value is -2.75. The molecule has 0 saturated heterocycles. The highest BCUT2D eigenvalue weighted by molar-refractivity contribution is 9.10. The molecule has 0 fully saturated rings. The number of aromatic nitrogens is 3. The summed E-state index contributed by atoms with van der Waals surface area (Å²) >= 11 is 3.49. The number of sulfonamides is 1. The van der Waals surface area contributed by atoms with Crippen LogP contribution >= 0.6 is 15.9 Å². The molecule has 2 N–H and O–H groups in total. The molecule has 2 aromatic carbocycles. The van der Waals surface area contributed by atoms with Gasteiger partial charge in [0.05, 0.1) is 21.3 Å². The van der Waals surface area contributed by atoms with Crippen LogP contribution < -0.4 is 10.0 Å². The lowest BCUT2D eigenvalue weighted by molar-refractivity contribution is 0.588. The van der Waals surface area contributed by atoms with Crippen LogP contribution in [0, 0.1) is 0 Å². The number of hydrogen-bond donors (Lipinski definition) is 2. The first-order valence-corrected chi connectivity index (χ1v) is 10.7. The molecular formula is C19H16BrN5O2S. The molecule has 28 heavy (non-hydrogen) atoms. The van der Waals surface area contributed by atoms with Crippen LogP contribution in [0.5, 0.6) is 0 Å². The molecule has 0 aliphatic heterocycles. The second-order valence-corrected chi connectivity index (χ2v) is 8.72. The minimum absolute atomic E-state index is 0.201. The Balaban J connectivity index is 1.76. The van der Waals surface area contributed by atoms with Gasteiger partial charge in [-0.1, -0.05) is 30.3 Å². The highest BCUT2D eigenvalue weighted by atomic mass is 79.9. The van der Waals surface area contributed by atoms with Gasteiger partial charge in [-0.05, 0) is 47.2 Å². The minimum atomic E-state index is -3.47. The summed E-state index contributed by atoms with van der Waals surface area (Å²) in [6, 6.07) is 18.3. The van der Waals surface area contributed by atoms with E-state index in [9.17, 15) is 8.42 Å². The first-order valence-electron chi connectivity index (χ1n) is 8.38. The second kappa shape index (κ2) is 7.34. The summed E-state index contributed by atoms with van der Waals surface area (Å²) < 4.78 is 28.6. The first kappa shape index (κ1) is 18.6. The predicted molar refractivity (Wildman–Crippen MR) is 112 cm³/mol. The molecule has 2 heterocycles. The Labute approximate surface area is 170 Å². The van der Waals surface area contributed by atoms with E-state index in [2.05, 4.69) is 31.1 Å². The fourth-order valence-corrected chi connectivity index (χ4v) is 3.84. The van der Waals surface area contributed by atoms with Crippen LogP contribution in [0.15, 0.2) is 76.2 Å². The lowest BCUT2D eigenvalue weighted by Crippen LogP contribution is -2.18. The summed E-state index contributed by atoms with van der Waals surface area (Å²) in [6.45, 7) is 0. The van der Waals surface area contributed by atoms with Crippen LogP contribution in [0.2, 0.25) is 0 Å². The van der Waals surface area contributed by atoms with E-state index in [1.54, 1.807) is 35.0 Å². The molecule has 2 aromatic heterocycles. The molecule has 0 saturated carbocycles. The monoisotopic (exact) mass is 457 g/mol. The van der Waals surface area contributed by atoms with Crippen molar-refractivity contribution in [2.75, 3.05) is 12.4 Å². The summed E-state index contributed by atoms with van der Waals surface area (Å²) in [6.07, 6.45) is 1.69. The average molecular weight is 458 g/mol. The van der Waals surface area contributed by atoms with Gasteiger partial charge in [-0.15, -0.1) is 0 Å². The van der Waals surface area contributed by atoms with Crippen molar-refractivity contribution < 1.29 is 8.42 Å². The molecule has 0 aliphatic carbocycles. The molecule has 0 radical (unpaired) electrons. The molecule has 4 rings (SSSR count). The van der Waals surface area contributed by atoms with Crippen molar-refractivity contribution in [1.29, 1.82) is 0 Å². The van der Waals surface area contributed by atoms with Crippen molar-refractivity contribution in [1.82, 2.24) is 19.3 Å². The molecule has 0 atom stereocenters. The van der Waals surface area contributed by atoms with E-state index in [1.807, 2.05) is 36.4 Å². The van der Waals surface area contributed by atoms with Crippen LogP contribution in [-0.2, 0) is 10.0 Å². The lowest BCUT2D eigenvalue weighted by Gasteiger charge is -2.11. The topological polar surface area (TPSA) is 88.4 Å². The zero-order chi connectivity index (χ0) is 19.7. The fraction of sp³-hybridized carbons (Fsp3) is 0.0526. The van der Waals surface area contributed by atoms with Gasteiger partial charge in [0.15, 0.2) is 5.65 Å². The third kappa shape index (κ3) is 3.51. The molecular weight excluding hydrogens is 442 g/mol. The van der Waals surface area contributed by atoms with Gasteiger partial charge in [-0.25, -0.2) is 18.1 Å². The van der Waals surface area contributed by atoms with E-state index in [1.165, 1.54) is 7.05 Å². The summed E-state index contributed by atoms with van der Waals surface area (Å²) in [5.74, 6) is 0.707. The van der Waals surface area contributed by atoms with Crippen LogP contribution in [0.4, 0.5) is 11.5 Å². The third-order valence-corrected chi connectivity index (χ3v) is 6.19. The van der Waals surface area contributed by atoms with Crippen molar-refractivity contribution >= 4 is 43.1 Å². The lowest BCUT2D eigenvalue weighted by atomic mass is 10.1. The van der Waals surface area contributed by atoms with E-state index in [-0.39, 0.29) is 4.90 Å². The van der Waals surface area contributed by atoms with Gasteiger partial charge < -0.3 is 5.32 Å². The maximum absolute atomic E-state index is 11.9. The van der Waals surface area contributed by atoms with Crippen molar-refractivity contribution in [3.63, 3.8) is 0 Å². The van der Waals surface area contributed by atoms with Gasteiger partial charge in [0, 0.05) is 17.3 Å². The molecule has 0 bridgehead atoms. The highest BCUT2D eigenvalue weighted by Crippen LogP contribution is 2.27. The summed E-state index contributed by atoms with van der Waals surface area (Å²) in [5.41, 5.74) is 3.19. The van der Waals surface area contributed by atoms with Crippen LogP contribution in [-0.4, -0.2) is 30.1 Å². The fourth-order valence-electron chi connectivity index (χ4n) is 2.77. The molecule has 0 unspecified atom stereocenters. The predicted octanol–water partition coefficient (Wildman–Crippen LogP) is 3.81. The van der Waals surface area contributed by atoms with E-state index < -0.39 is 10.0 Å². The number of nitrogens with zero attached hydrogens (tertiary/aromatic N) is 3. The van der Waals surface area contributed by atoms with Crippen molar-refractivity contribution in [2.45, 2.75) is 4.90 Å². The molecule has 142 valence electrons. The normalized spacial score (nSPS) is 11.6. The molecule has 7 nitrogen and oxygen atoms in total. The maximum atomic E-state index is 11.9. The number of hydrogen-bond acceptors (Lipinski definition) is 5. The molecule has 0 amide bonds. The van der Waals surface area contributed by atoms with Crippen molar-refractivity contribution in [2.24, 2.45) is 0 Å². The zero-order valence-electron chi connectivity index (χ0n) is 14.8. The Morgan fingerprint density at radius 2 is 1.75 bits per heavy atom. The maximum Gasteiger partial charge on any atom is 0.240 e. The molecule has 4 aromatic rings. The van der Waals surface area contributed by atoms with Gasteiger partial charge in [0.1, 0.15) is 5.82 Å². The number of halogens is 1. The summed E-state index contributed by atoms with van der Waals surface area (Å²) in [4.78, 5) is 4.89. The van der Waals surface area contributed by atoms with Crippen LogP contribution in [0.3, 0.4) is 0 Å². The average Bonchev–Trinajstić information content (AvgIpc) is 3.10. The Bertz CT molecular complexity index is 1240. The highest BCUT2D eigenvalue weighted by Gasteiger charge is 2.13. The third-order valence-electron chi connectivity index (χ3n) is 4.20. The Kier molecular flexibility index (Phi) is 4.88. The number of nitrogens with one attached hydrogen (secondary N) is 2. The first-order chi connectivity index (χ1) is 13.5. The van der Waals surface area contributed by atoms with Crippen LogP contribution in [0.25, 0.3) is 16.9 Å². The Morgan fingerprint density at radius 3 is 2.43 bits per heavy atom. The van der Waals surface area contributed by atoms with E-state index in [0.717, 1.165) is 21.4 Å². The molecule has 0 aliphatic rings. The largest absolute Gasteiger partial charge is 0.340 e.